The highest BCUT2D eigenvalue weighted by molar-refractivity contribution is 5.87. The highest BCUT2D eigenvalue weighted by atomic mass is 16.4. The van der Waals surface area contributed by atoms with Crippen molar-refractivity contribution >= 4 is 17.7 Å². The first kappa shape index (κ1) is 23.9. The summed E-state index contributed by atoms with van der Waals surface area (Å²) < 4.78 is 2.09. The van der Waals surface area contributed by atoms with Gasteiger partial charge in [0.1, 0.15) is 11.9 Å². The lowest BCUT2D eigenvalue weighted by molar-refractivity contribution is -0.142. The number of carboxylic acids is 1. The summed E-state index contributed by atoms with van der Waals surface area (Å²) in [7, 11) is 4.63. The molecule has 2 aromatic rings. The largest absolute Gasteiger partial charge is 0.480 e. The Labute approximate surface area is 189 Å². The van der Waals surface area contributed by atoms with Gasteiger partial charge in [0.25, 0.3) is 5.56 Å². The number of rotatable bonds is 9. The van der Waals surface area contributed by atoms with Crippen LogP contribution in [0.15, 0.2) is 33.9 Å². The van der Waals surface area contributed by atoms with Crippen molar-refractivity contribution in [3.8, 4) is 11.1 Å². The number of carbonyl (C=O) groups is 2. The molecular formula is C21H29N7O5. The van der Waals surface area contributed by atoms with Gasteiger partial charge in [0, 0.05) is 27.6 Å². The predicted molar refractivity (Wildman–Crippen MR) is 125 cm³/mol. The minimum Gasteiger partial charge on any atom is -0.480 e. The summed E-state index contributed by atoms with van der Waals surface area (Å²) in [5.74, 6) is -1.16. The van der Waals surface area contributed by atoms with Gasteiger partial charge in [-0.1, -0.05) is 24.3 Å². The smallest absolute Gasteiger partial charge is 0.370 e. The van der Waals surface area contributed by atoms with Crippen LogP contribution in [-0.4, -0.2) is 66.1 Å². The lowest BCUT2D eigenvalue weighted by atomic mass is 10.0. The number of benzene rings is 1. The van der Waals surface area contributed by atoms with Gasteiger partial charge in [0.15, 0.2) is 0 Å². The van der Waals surface area contributed by atoms with Crippen molar-refractivity contribution in [1.82, 2.24) is 20.0 Å². The summed E-state index contributed by atoms with van der Waals surface area (Å²) in [4.78, 5) is 49.5. The summed E-state index contributed by atoms with van der Waals surface area (Å²) in [6.07, 6.45) is 1.64. The van der Waals surface area contributed by atoms with Crippen LogP contribution in [0.25, 0.3) is 11.1 Å². The molecule has 0 unspecified atom stereocenters. The number of aromatic nitrogens is 2. The molecule has 1 aromatic heterocycles. The molecule has 178 valence electrons. The van der Waals surface area contributed by atoms with Crippen molar-refractivity contribution < 1.29 is 14.7 Å². The van der Waals surface area contributed by atoms with Gasteiger partial charge in [-0.05, 0) is 30.5 Å². The van der Waals surface area contributed by atoms with Crippen LogP contribution in [0.3, 0.4) is 0 Å². The fourth-order valence-corrected chi connectivity index (χ4v) is 3.93. The van der Waals surface area contributed by atoms with E-state index in [0.29, 0.717) is 17.5 Å². The highest BCUT2D eigenvalue weighted by Crippen LogP contribution is 2.23. The molecule has 33 heavy (non-hydrogen) atoms. The third-order valence-corrected chi connectivity index (χ3v) is 5.62. The van der Waals surface area contributed by atoms with Gasteiger partial charge >= 0.3 is 11.7 Å². The Bertz CT molecular complexity index is 1130. The number of amides is 1. The Morgan fingerprint density at radius 1 is 1.12 bits per heavy atom. The molecule has 0 spiro atoms. The summed E-state index contributed by atoms with van der Waals surface area (Å²) in [5.41, 5.74) is 5.67. The number of hydrogen-bond acceptors (Lipinski definition) is 8. The van der Waals surface area contributed by atoms with Gasteiger partial charge in [0.05, 0.1) is 11.6 Å². The lowest BCUT2D eigenvalue weighted by Crippen LogP contribution is -2.49. The fraction of sp³-hybridized carbons (Fsp3) is 0.429. The minimum atomic E-state index is -1.12. The number of carboxylic acid groups (broad SMARTS) is 1. The molecule has 0 radical (unpaired) electrons. The van der Waals surface area contributed by atoms with E-state index >= 15 is 0 Å². The zero-order chi connectivity index (χ0) is 24.1. The van der Waals surface area contributed by atoms with E-state index in [-0.39, 0.29) is 29.8 Å². The molecule has 3 rings (SSSR count). The van der Waals surface area contributed by atoms with Gasteiger partial charge in [0.2, 0.25) is 5.91 Å². The second kappa shape index (κ2) is 10.2. The first-order chi connectivity index (χ1) is 15.8. The Balaban J connectivity index is 1.89. The second-order valence-corrected chi connectivity index (χ2v) is 7.63. The molecule has 1 saturated heterocycles. The van der Waals surface area contributed by atoms with Crippen molar-refractivity contribution in [2.45, 2.75) is 31.3 Å². The monoisotopic (exact) mass is 459 g/mol. The van der Waals surface area contributed by atoms with Crippen molar-refractivity contribution in [2.75, 3.05) is 43.9 Å². The van der Waals surface area contributed by atoms with E-state index in [9.17, 15) is 24.3 Å². The van der Waals surface area contributed by atoms with Crippen LogP contribution in [0.1, 0.15) is 18.4 Å². The summed E-state index contributed by atoms with van der Waals surface area (Å²) >= 11 is 0. The standard InChI is InChI=1S/C21H29N7O5/c1-22-17-16(19(30)28(24-3)21(33)27(17)23-2)13-8-6-12(7-9-13)11-15(20(31)32)26-18(29)14-5-4-10-25-14/h6-9,14-15,22-25H,4-5,10-11H2,1-3H3,(H,26,29)(H,31,32)/t14-,15-/m0/s1. The van der Waals surface area contributed by atoms with Crippen molar-refractivity contribution in [2.24, 2.45) is 0 Å². The molecule has 1 aliphatic rings. The van der Waals surface area contributed by atoms with Crippen molar-refractivity contribution in [3.63, 3.8) is 0 Å². The summed E-state index contributed by atoms with van der Waals surface area (Å²) in [5, 5.41) is 18.1. The maximum Gasteiger partial charge on any atom is 0.370 e. The first-order valence-corrected chi connectivity index (χ1v) is 10.6. The zero-order valence-electron chi connectivity index (χ0n) is 18.8. The van der Waals surface area contributed by atoms with Crippen molar-refractivity contribution in [3.05, 3.63) is 50.7 Å². The number of carbonyl (C=O) groups excluding carboxylic acids is 1. The average Bonchev–Trinajstić information content (AvgIpc) is 3.34. The molecule has 2 heterocycles. The van der Waals surface area contributed by atoms with E-state index in [0.717, 1.165) is 17.6 Å². The zero-order valence-corrected chi connectivity index (χ0v) is 18.8. The third kappa shape index (κ3) is 4.85. The van der Waals surface area contributed by atoms with E-state index in [4.69, 9.17) is 0 Å². The maximum atomic E-state index is 13.0. The molecule has 0 aliphatic carbocycles. The van der Waals surface area contributed by atoms with Crippen LogP contribution in [0, 0.1) is 0 Å². The minimum absolute atomic E-state index is 0.0870. The second-order valence-electron chi connectivity index (χ2n) is 7.63. The number of aliphatic carboxylic acids is 1. The van der Waals surface area contributed by atoms with E-state index in [2.05, 4.69) is 26.8 Å². The summed E-state index contributed by atoms with van der Waals surface area (Å²) in [6.45, 7) is 0.738. The molecule has 1 aromatic carbocycles. The normalized spacial score (nSPS) is 16.2. The highest BCUT2D eigenvalue weighted by Gasteiger charge is 2.27. The number of nitrogens with zero attached hydrogens (tertiary/aromatic N) is 2. The molecule has 1 fully saturated rings. The lowest BCUT2D eigenvalue weighted by Gasteiger charge is -2.19. The van der Waals surface area contributed by atoms with Crippen LogP contribution in [0.2, 0.25) is 0 Å². The first-order valence-electron chi connectivity index (χ1n) is 10.6. The average molecular weight is 460 g/mol. The van der Waals surface area contributed by atoms with Crippen LogP contribution in [0.5, 0.6) is 0 Å². The van der Waals surface area contributed by atoms with Crippen LogP contribution in [-0.2, 0) is 16.0 Å². The van der Waals surface area contributed by atoms with E-state index in [1.165, 1.54) is 11.7 Å². The molecule has 6 N–H and O–H groups in total. The molecule has 1 aliphatic heterocycles. The van der Waals surface area contributed by atoms with Gasteiger partial charge < -0.3 is 31.9 Å². The Hall–Kier alpha value is -3.80. The Morgan fingerprint density at radius 3 is 2.30 bits per heavy atom. The molecule has 2 atom stereocenters. The van der Waals surface area contributed by atoms with Crippen LogP contribution >= 0.6 is 0 Å². The Kier molecular flexibility index (Phi) is 7.38. The number of nitrogens with one attached hydrogen (secondary N) is 5. The molecular weight excluding hydrogens is 430 g/mol. The molecule has 0 saturated carbocycles. The Morgan fingerprint density at radius 2 is 1.79 bits per heavy atom. The van der Waals surface area contributed by atoms with Crippen LogP contribution in [0.4, 0.5) is 5.82 Å². The van der Waals surface area contributed by atoms with Gasteiger partial charge in [-0.15, -0.1) is 0 Å². The van der Waals surface area contributed by atoms with E-state index in [1.807, 2.05) is 0 Å². The van der Waals surface area contributed by atoms with E-state index < -0.39 is 23.3 Å². The predicted octanol–water partition coefficient (Wildman–Crippen LogP) is -1.07. The quantitative estimate of drug-likeness (QED) is 0.275. The number of hydrogen-bond donors (Lipinski definition) is 6. The van der Waals surface area contributed by atoms with Gasteiger partial charge in [-0.3, -0.25) is 9.59 Å². The third-order valence-electron chi connectivity index (χ3n) is 5.62. The van der Waals surface area contributed by atoms with Gasteiger partial charge in [-0.2, -0.15) is 9.35 Å². The van der Waals surface area contributed by atoms with Gasteiger partial charge in [-0.25, -0.2) is 9.59 Å². The van der Waals surface area contributed by atoms with Crippen molar-refractivity contribution in [1.29, 1.82) is 0 Å². The number of anilines is 1. The van der Waals surface area contributed by atoms with E-state index in [1.54, 1.807) is 38.4 Å². The van der Waals surface area contributed by atoms with Crippen LogP contribution < -0.4 is 38.1 Å². The SMILES string of the molecule is CNc1c(-c2ccc(C[C@H](NC(=O)[C@@H]3CCCN3)C(=O)O)cc2)c(=O)n(NC)c(=O)n1NC. The molecule has 1 amide bonds. The summed E-state index contributed by atoms with van der Waals surface area (Å²) in [6, 6.07) is 5.30. The fourth-order valence-electron chi connectivity index (χ4n) is 3.93. The maximum absolute atomic E-state index is 13.0. The molecule has 12 heteroatoms. The molecule has 0 bridgehead atoms. The topological polar surface area (TPSA) is 159 Å². The molecule has 12 nitrogen and oxygen atoms in total.